The van der Waals surface area contributed by atoms with E-state index in [-0.39, 0.29) is 11.8 Å². The second-order valence-electron chi connectivity index (χ2n) is 4.31. The first-order valence-corrected chi connectivity index (χ1v) is 5.11. The van der Waals surface area contributed by atoms with Crippen LogP contribution in [0, 0.1) is 5.41 Å². The van der Waals surface area contributed by atoms with Gasteiger partial charge in [0, 0.05) is 13.0 Å². The highest BCUT2D eigenvalue weighted by atomic mass is 16.5. The number of nitrogens with zero attached hydrogens (tertiary/aromatic N) is 1. The normalized spacial score (nSPS) is 20.1. The van der Waals surface area contributed by atoms with Crippen LogP contribution in [-0.4, -0.2) is 43.0 Å². The molecular formula is C10H18N2O3. The molecule has 1 aliphatic rings. The van der Waals surface area contributed by atoms with E-state index in [4.69, 9.17) is 10.5 Å². The lowest BCUT2D eigenvalue weighted by Gasteiger charge is -2.17. The van der Waals surface area contributed by atoms with Crippen molar-refractivity contribution in [2.75, 3.05) is 26.3 Å². The molecule has 0 aliphatic carbocycles. The predicted molar refractivity (Wildman–Crippen MR) is 55.0 cm³/mol. The Labute approximate surface area is 89.6 Å². The smallest absolute Gasteiger partial charge is 0.235 e. The summed E-state index contributed by atoms with van der Waals surface area (Å²) >= 11 is 0. The Bertz CT molecular complexity index is 263. The Balaban J connectivity index is 2.42. The first-order chi connectivity index (χ1) is 6.99. The zero-order valence-corrected chi connectivity index (χ0v) is 9.28. The molecule has 1 aliphatic heterocycles. The van der Waals surface area contributed by atoms with Gasteiger partial charge in [0.1, 0.15) is 0 Å². The summed E-state index contributed by atoms with van der Waals surface area (Å²) in [5.41, 5.74) is 4.70. The summed E-state index contributed by atoms with van der Waals surface area (Å²) in [5, 5.41) is 0. The van der Waals surface area contributed by atoms with Gasteiger partial charge in [-0.05, 0) is 0 Å². The SMILES string of the molecule is CC1(C)CC(=O)N(CCOCCN)C1=O. The second-order valence-corrected chi connectivity index (χ2v) is 4.31. The molecule has 15 heavy (non-hydrogen) atoms. The minimum atomic E-state index is -0.551. The van der Waals surface area contributed by atoms with E-state index in [2.05, 4.69) is 0 Å². The van der Waals surface area contributed by atoms with Crippen molar-refractivity contribution in [3.8, 4) is 0 Å². The van der Waals surface area contributed by atoms with Crippen LogP contribution >= 0.6 is 0 Å². The van der Waals surface area contributed by atoms with Gasteiger partial charge in [-0.3, -0.25) is 14.5 Å². The lowest BCUT2D eigenvalue weighted by Crippen LogP contribution is -2.35. The van der Waals surface area contributed by atoms with Crippen molar-refractivity contribution in [3.05, 3.63) is 0 Å². The van der Waals surface area contributed by atoms with Crippen LogP contribution in [0.4, 0.5) is 0 Å². The molecule has 1 heterocycles. The van der Waals surface area contributed by atoms with Crippen LogP contribution in [0.1, 0.15) is 20.3 Å². The van der Waals surface area contributed by atoms with Crippen molar-refractivity contribution in [2.24, 2.45) is 11.1 Å². The van der Waals surface area contributed by atoms with Gasteiger partial charge in [-0.1, -0.05) is 13.8 Å². The third-order valence-corrected chi connectivity index (χ3v) is 2.44. The van der Waals surface area contributed by atoms with Gasteiger partial charge < -0.3 is 10.5 Å². The van der Waals surface area contributed by atoms with Crippen LogP contribution in [0.25, 0.3) is 0 Å². The Morgan fingerprint density at radius 1 is 1.40 bits per heavy atom. The van der Waals surface area contributed by atoms with Gasteiger partial charge in [0.05, 0.1) is 25.2 Å². The lowest BCUT2D eigenvalue weighted by atomic mass is 9.92. The molecule has 5 heteroatoms. The molecule has 0 bridgehead atoms. The average Bonchev–Trinajstić information content (AvgIpc) is 2.33. The average molecular weight is 214 g/mol. The zero-order chi connectivity index (χ0) is 11.5. The minimum absolute atomic E-state index is 0.108. The van der Waals surface area contributed by atoms with E-state index in [9.17, 15) is 9.59 Å². The van der Waals surface area contributed by atoms with E-state index < -0.39 is 5.41 Å². The molecule has 0 radical (unpaired) electrons. The lowest BCUT2D eigenvalue weighted by molar-refractivity contribution is -0.141. The molecule has 0 atom stereocenters. The molecule has 1 fully saturated rings. The molecule has 2 N–H and O–H groups in total. The predicted octanol–water partition coefficient (Wildman–Crippen LogP) is -0.253. The van der Waals surface area contributed by atoms with E-state index in [0.29, 0.717) is 32.7 Å². The summed E-state index contributed by atoms with van der Waals surface area (Å²) in [6.45, 7) is 5.18. The fourth-order valence-corrected chi connectivity index (χ4v) is 1.60. The molecular weight excluding hydrogens is 196 g/mol. The number of imide groups is 1. The quantitative estimate of drug-likeness (QED) is 0.506. The van der Waals surface area contributed by atoms with Crippen LogP contribution in [-0.2, 0) is 14.3 Å². The van der Waals surface area contributed by atoms with E-state index >= 15 is 0 Å². The number of rotatable bonds is 5. The van der Waals surface area contributed by atoms with Crippen molar-refractivity contribution in [1.29, 1.82) is 0 Å². The molecule has 0 spiro atoms. The van der Waals surface area contributed by atoms with E-state index in [1.165, 1.54) is 4.90 Å². The highest BCUT2D eigenvalue weighted by Crippen LogP contribution is 2.31. The van der Waals surface area contributed by atoms with Gasteiger partial charge in [0.15, 0.2) is 0 Å². The fourth-order valence-electron chi connectivity index (χ4n) is 1.60. The number of hydrogen-bond acceptors (Lipinski definition) is 4. The van der Waals surface area contributed by atoms with Gasteiger partial charge in [-0.25, -0.2) is 0 Å². The second kappa shape index (κ2) is 4.72. The summed E-state index contributed by atoms with van der Waals surface area (Å²) in [7, 11) is 0. The highest BCUT2D eigenvalue weighted by molar-refractivity contribution is 6.05. The monoisotopic (exact) mass is 214 g/mol. The van der Waals surface area contributed by atoms with Gasteiger partial charge >= 0.3 is 0 Å². The third-order valence-electron chi connectivity index (χ3n) is 2.44. The molecule has 0 aromatic carbocycles. The van der Waals surface area contributed by atoms with E-state index in [0.717, 1.165) is 0 Å². The topological polar surface area (TPSA) is 72.6 Å². The summed E-state index contributed by atoms with van der Waals surface area (Å²) in [6, 6.07) is 0. The maximum absolute atomic E-state index is 11.7. The zero-order valence-electron chi connectivity index (χ0n) is 9.28. The van der Waals surface area contributed by atoms with Crippen molar-refractivity contribution in [1.82, 2.24) is 4.90 Å². The van der Waals surface area contributed by atoms with Crippen LogP contribution in [0.2, 0.25) is 0 Å². The highest BCUT2D eigenvalue weighted by Gasteiger charge is 2.44. The summed E-state index contributed by atoms with van der Waals surface area (Å²) in [4.78, 5) is 24.5. The van der Waals surface area contributed by atoms with Gasteiger partial charge in [0.25, 0.3) is 0 Å². The van der Waals surface area contributed by atoms with Crippen LogP contribution < -0.4 is 5.73 Å². The maximum atomic E-state index is 11.7. The number of nitrogens with two attached hydrogens (primary N) is 1. The summed E-state index contributed by atoms with van der Waals surface area (Å²) < 4.78 is 5.14. The van der Waals surface area contributed by atoms with Crippen molar-refractivity contribution < 1.29 is 14.3 Å². The standard InChI is InChI=1S/C10H18N2O3/c1-10(2)7-8(13)12(9(10)14)4-6-15-5-3-11/h3-7,11H2,1-2H3. The molecule has 0 saturated carbocycles. The van der Waals surface area contributed by atoms with Crippen LogP contribution in [0.3, 0.4) is 0 Å². The molecule has 0 aromatic rings. The van der Waals surface area contributed by atoms with Gasteiger partial charge in [-0.15, -0.1) is 0 Å². The van der Waals surface area contributed by atoms with E-state index in [1.54, 1.807) is 13.8 Å². The third kappa shape index (κ3) is 2.76. The molecule has 5 nitrogen and oxygen atoms in total. The molecule has 1 rings (SSSR count). The minimum Gasteiger partial charge on any atom is -0.378 e. The largest absolute Gasteiger partial charge is 0.378 e. The molecule has 2 amide bonds. The Morgan fingerprint density at radius 3 is 2.53 bits per heavy atom. The van der Waals surface area contributed by atoms with Crippen LogP contribution in [0.15, 0.2) is 0 Å². The number of ether oxygens (including phenoxy) is 1. The summed E-state index contributed by atoms with van der Waals surface area (Å²) in [5.74, 6) is -0.217. The summed E-state index contributed by atoms with van der Waals surface area (Å²) in [6.07, 6.45) is 0.294. The van der Waals surface area contributed by atoms with Crippen LogP contribution in [0.5, 0.6) is 0 Å². The number of likely N-dealkylation sites (tertiary alicyclic amines) is 1. The fraction of sp³-hybridized carbons (Fsp3) is 0.800. The van der Waals surface area contributed by atoms with E-state index in [1.807, 2.05) is 0 Å². The Hall–Kier alpha value is -0.940. The Kier molecular flexibility index (Phi) is 3.82. The molecule has 0 aromatic heterocycles. The number of carbonyl (C=O) groups is 2. The first-order valence-electron chi connectivity index (χ1n) is 5.11. The number of amides is 2. The van der Waals surface area contributed by atoms with Crippen molar-refractivity contribution in [2.45, 2.75) is 20.3 Å². The Morgan fingerprint density at radius 2 is 2.07 bits per heavy atom. The van der Waals surface area contributed by atoms with Gasteiger partial charge in [0.2, 0.25) is 11.8 Å². The molecule has 1 saturated heterocycles. The maximum Gasteiger partial charge on any atom is 0.235 e. The molecule has 86 valence electrons. The number of carbonyl (C=O) groups excluding carboxylic acids is 2. The first kappa shape index (κ1) is 12.1. The number of hydrogen-bond donors (Lipinski definition) is 1. The molecule has 0 unspecified atom stereocenters. The van der Waals surface area contributed by atoms with Gasteiger partial charge in [-0.2, -0.15) is 0 Å². The van der Waals surface area contributed by atoms with Crippen molar-refractivity contribution in [3.63, 3.8) is 0 Å². The van der Waals surface area contributed by atoms with Crippen molar-refractivity contribution >= 4 is 11.8 Å².